The highest BCUT2D eigenvalue weighted by Crippen LogP contribution is 2.24. The van der Waals surface area contributed by atoms with Crippen molar-refractivity contribution in [1.82, 2.24) is 5.32 Å². The van der Waals surface area contributed by atoms with Crippen molar-refractivity contribution in [2.75, 3.05) is 13.1 Å². The fourth-order valence-electron chi connectivity index (χ4n) is 1.63. The van der Waals surface area contributed by atoms with E-state index in [1.807, 2.05) is 38.1 Å². The summed E-state index contributed by atoms with van der Waals surface area (Å²) in [7, 11) is 0. The summed E-state index contributed by atoms with van der Waals surface area (Å²) in [4.78, 5) is 0. The number of benzene rings is 1. The van der Waals surface area contributed by atoms with Gasteiger partial charge in [-0.3, -0.25) is 0 Å². The second kappa shape index (κ2) is 5.29. The zero-order valence-electron chi connectivity index (χ0n) is 9.88. The summed E-state index contributed by atoms with van der Waals surface area (Å²) in [6.45, 7) is 7.61. The van der Waals surface area contributed by atoms with Crippen LogP contribution in [0.1, 0.15) is 31.4 Å². The Hall–Kier alpha value is -0.860. The van der Waals surface area contributed by atoms with Gasteiger partial charge in [-0.25, -0.2) is 0 Å². The summed E-state index contributed by atoms with van der Waals surface area (Å²) in [5.74, 6) is 0. The first kappa shape index (κ1) is 12.2. The van der Waals surface area contributed by atoms with Crippen LogP contribution in [-0.4, -0.2) is 18.2 Å². The molecular weight excluding hydrogens is 186 g/mol. The lowest BCUT2D eigenvalue weighted by molar-refractivity contribution is 0.0332. The van der Waals surface area contributed by atoms with E-state index < -0.39 is 5.60 Å². The normalized spacial score (nSPS) is 14.9. The summed E-state index contributed by atoms with van der Waals surface area (Å²) >= 11 is 0. The van der Waals surface area contributed by atoms with Gasteiger partial charge in [-0.1, -0.05) is 43.7 Å². The fourth-order valence-corrected chi connectivity index (χ4v) is 1.63. The SMILES string of the molecule is CCNCC(O)(CC)c1ccc(C)cc1. The molecule has 1 rings (SSSR count). The number of aryl methyl sites for hydroxylation is 1. The summed E-state index contributed by atoms with van der Waals surface area (Å²) in [6, 6.07) is 8.11. The van der Waals surface area contributed by atoms with Crippen molar-refractivity contribution in [2.24, 2.45) is 0 Å². The third-order valence-electron chi connectivity index (χ3n) is 2.84. The summed E-state index contributed by atoms with van der Waals surface area (Å²) < 4.78 is 0. The maximum Gasteiger partial charge on any atom is 0.102 e. The molecule has 2 N–H and O–H groups in total. The van der Waals surface area contributed by atoms with E-state index >= 15 is 0 Å². The van der Waals surface area contributed by atoms with E-state index in [1.165, 1.54) is 5.56 Å². The first-order valence-corrected chi connectivity index (χ1v) is 5.62. The monoisotopic (exact) mass is 207 g/mol. The van der Waals surface area contributed by atoms with E-state index in [0.29, 0.717) is 6.54 Å². The molecule has 0 fully saturated rings. The Balaban J connectivity index is 2.85. The minimum atomic E-state index is -0.732. The molecule has 0 radical (unpaired) electrons. The first-order valence-electron chi connectivity index (χ1n) is 5.62. The van der Waals surface area contributed by atoms with Crippen molar-refractivity contribution in [2.45, 2.75) is 32.8 Å². The Bertz CT molecular complexity index is 294. The molecule has 0 amide bonds. The highest BCUT2D eigenvalue weighted by atomic mass is 16.3. The maximum absolute atomic E-state index is 10.5. The van der Waals surface area contributed by atoms with Crippen LogP contribution in [0.2, 0.25) is 0 Å². The zero-order valence-corrected chi connectivity index (χ0v) is 9.88. The van der Waals surface area contributed by atoms with Crippen molar-refractivity contribution >= 4 is 0 Å². The molecule has 1 unspecified atom stereocenters. The average Bonchev–Trinajstić information content (AvgIpc) is 2.27. The Morgan fingerprint density at radius 3 is 2.27 bits per heavy atom. The number of likely N-dealkylation sites (N-methyl/N-ethyl adjacent to an activating group) is 1. The van der Waals surface area contributed by atoms with Crippen LogP contribution < -0.4 is 5.32 Å². The van der Waals surface area contributed by atoms with Crippen molar-refractivity contribution in [1.29, 1.82) is 0 Å². The molecule has 2 heteroatoms. The van der Waals surface area contributed by atoms with Crippen LogP contribution in [0.5, 0.6) is 0 Å². The van der Waals surface area contributed by atoms with Gasteiger partial charge in [0, 0.05) is 6.54 Å². The molecule has 84 valence electrons. The molecule has 0 aromatic heterocycles. The zero-order chi connectivity index (χ0) is 11.3. The smallest absolute Gasteiger partial charge is 0.102 e. The van der Waals surface area contributed by atoms with Crippen LogP contribution in [0.25, 0.3) is 0 Å². The van der Waals surface area contributed by atoms with E-state index in [0.717, 1.165) is 18.5 Å². The largest absolute Gasteiger partial charge is 0.384 e. The molecule has 0 spiro atoms. The van der Waals surface area contributed by atoms with Gasteiger partial charge in [0.15, 0.2) is 0 Å². The van der Waals surface area contributed by atoms with Gasteiger partial charge in [0.25, 0.3) is 0 Å². The lowest BCUT2D eigenvalue weighted by Gasteiger charge is -2.27. The fraction of sp³-hybridized carbons (Fsp3) is 0.538. The van der Waals surface area contributed by atoms with Crippen LogP contribution in [-0.2, 0) is 5.60 Å². The summed E-state index contributed by atoms with van der Waals surface area (Å²) in [5, 5.41) is 13.7. The standard InChI is InChI=1S/C13H21NO/c1-4-13(15,10-14-5-2)12-8-6-11(3)7-9-12/h6-9,14-15H,4-5,10H2,1-3H3. The van der Waals surface area contributed by atoms with Gasteiger partial charge in [0.05, 0.1) is 0 Å². The van der Waals surface area contributed by atoms with E-state index in [1.54, 1.807) is 0 Å². The van der Waals surface area contributed by atoms with E-state index in [-0.39, 0.29) is 0 Å². The molecule has 1 atom stereocenters. The number of hydrogen-bond donors (Lipinski definition) is 2. The van der Waals surface area contributed by atoms with E-state index in [4.69, 9.17) is 0 Å². The third kappa shape index (κ3) is 3.05. The molecule has 1 aromatic carbocycles. The van der Waals surface area contributed by atoms with Crippen LogP contribution in [0.15, 0.2) is 24.3 Å². The molecule has 0 bridgehead atoms. The number of rotatable bonds is 5. The molecule has 0 aliphatic heterocycles. The maximum atomic E-state index is 10.5. The summed E-state index contributed by atoms with van der Waals surface area (Å²) in [5.41, 5.74) is 1.49. The second-order valence-electron chi connectivity index (χ2n) is 4.03. The Kier molecular flexibility index (Phi) is 4.30. The van der Waals surface area contributed by atoms with Crippen LogP contribution in [0, 0.1) is 6.92 Å². The predicted molar refractivity (Wildman–Crippen MR) is 63.9 cm³/mol. The molecule has 15 heavy (non-hydrogen) atoms. The number of hydrogen-bond acceptors (Lipinski definition) is 2. The molecular formula is C13H21NO. The Morgan fingerprint density at radius 1 is 1.20 bits per heavy atom. The molecule has 0 aliphatic carbocycles. The highest BCUT2D eigenvalue weighted by molar-refractivity contribution is 5.26. The van der Waals surface area contributed by atoms with Gasteiger partial charge < -0.3 is 10.4 Å². The minimum absolute atomic E-state index is 0.614. The molecule has 1 aromatic rings. The predicted octanol–water partition coefficient (Wildman–Crippen LogP) is 2.20. The van der Waals surface area contributed by atoms with Crippen molar-refractivity contribution in [3.63, 3.8) is 0 Å². The third-order valence-corrected chi connectivity index (χ3v) is 2.84. The van der Waals surface area contributed by atoms with Gasteiger partial charge in [0.1, 0.15) is 5.60 Å². The van der Waals surface area contributed by atoms with Gasteiger partial charge in [0.2, 0.25) is 0 Å². The van der Waals surface area contributed by atoms with Gasteiger partial charge in [-0.15, -0.1) is 0 Å². The van der Waals surface area contributed by atoms with Gasteiger partial charge in [-0.05, 0) is 25.5 Å². The number of nitrogens with one attached hydrogen (secondary N) is 1. The average molecular weight is 207 g/mol. The molecule has 0 saturated heterocycles. The minimum Gasteiger partial charge on any atom is -0.384 e. The Morgan fingerprint density at radius 2 is 1.80 bits per heavy atom. The van der Waals surface area contributed by atoms with E-state index in [9.17, 15) is 5.11 Å². The summed E-state index contributed by atoms with van der Waals surface area (Å²) in [6.07, 6.45) is 0.725. The molecule has 2 nitrogen and oxygen atoms in total. The Labute approximate surface area is 92.3 Å². The number of aliphatic hydroxyl groups is 1. The molecule has 0 aliphatic rings. The first-order chi connectivity index (χ1) is 7.12. The van der Waals surface area contributed by atoms with Crippen molar-refractivity contribution in [3.05, 3.63) is 35.4 Å². The van der Waals surface area contributed by atoms with Crippen molar-refractivity contribution < 1.29 is 5.11 Å². The van der Waals surface area contributed by atoms with Gasteiger partial charge in [-0.2, -0.15) is 0 Å². The van der Waals surface area contributed by atoms with Crippen LogP contribution >= 0.6 is 0 Å². The highest BCUT2D eigenvalue weighted by Gasteiger charge is 2.25. The quantitative estimate of drug-likeness (QED) is 0.776. The lowest BCUT2D eigenvalue weighted by atomic mass is 9.90. The van der Waals surface area contributed by atoms with Crippen LogP contribution in [0.3, 0.4) is 0 Å². The van der Waals surface area contributed by atoms with Crippen molar-refractivity contribution in [3.8, 4) is 0 Å². The van der Waals surface area contributed by atoms with Gasteiger partial charge >= 0.3 is 0 Å². The van der Waals surface area contributed by atoms with Crippen LogP contribution in [0.4, 0.5) is 0 Å². The topological polar surface area (TPSA) is 32.3 Å². The second-order valence-corrected chi connectivity index (χ2v) is 4.03. The van der Waals surface area contributed by atoms with E-state index in [2.05, 4.69) is 12.2 Å². The lowest BCUT2D eigenvalue weighted by Crippen LogP contribution is -2.37. The molecule has 0 saturated carbocycles. The molecule has 0 heterocycles.